The van der Waals surface area contributed by atoms with Crippen molar-refractivity contribution in [1.29, 1.82) is 0 Å². The molecular formula is C19H20N4O2. The smallest absolute Gasteiger partial charge is 0.177 e. The summed E-state index contributed by atoms with van der Waals surface area (Å²) in [6, 6.07) is 18.2. The zero-order valence-electron chi connectivity index (χ0n) is 14.1. The standard InChI is InChI=1S/C19H20N4O2/c1-24-17-9-5-8-16(12-17)23-10-11-25-19(23)18-14-22(21-20-18)13-15-6-3-2-4-7-15/h2-9,12,14,19H,10-11,13H2,1H3/t19-/m1/s1. The van der Waals surface area contributed by atoms with Crippen LogP contribution in [0.1, 0.15) is 17.5 Å². The van der Waals surface area contributed by atoms with Gasteiger partial charge in [-0.3, -0.25) is 0 Å². The molecule has 1 aromatic heterocycles. The highest BCUT2D eigenvalue weighted by molar-refractivity contribution is 5.52. The molecule has 6 heteroatoms. The minimum absolute atomic E-state index is 0.225. The summed E-state index contributed by atoms with van der Waals surface area (Å²) in [5.74, 6) is 0.830. The van der Waals surface area contributed by atoms with Gasteiger partial charge in [-0.15, -0.1) is 5.10 Å². The van der Waals surface area contributed by atoms with Crippen LogP contribution in [0.25, 0.3) is 0 Å². The molecule has 0 N–H and O–H groups in total. The summed E-state index contributed by atoms with van der Waals surface area (Å²) in [5, 5.41) is 8.58. The highest BCUT2D eigenvalue weighted by Crippen LogP contribution is 2.32. The van der Waals surface area contributed by atoms with Crippen LogP contribution in [-0.4, -0.2) is 35.3 Å². The van der Waals surface area contributed by atoms with Gasteiger partial charge in [0, 0.05) is 18.3 Å². The first kappa shape index (κ1) is 15.7. The maximum Gasteiger partial charge on any atom is 0.177 e. The summed E-state index contributed by atoms with van der Waals surface area (Å²) in [4.78, 5) is 2.18. The maximum atomic E-state index is 5.91. The number of rotatable bonds is 5. The van der Waals surface area contributed by atoms with Crippen molar-refractivity contribution in [2.24, 2.45) is 0 Å². The first-order valence-electron chi connectivity index (χ1n) is 8.30. The van der Waals surface area contributed by atoms with Gasteiger partial charge in [0.25, 0.3) is 0 Å². The second-order valence-corrected chi connectivity index (χ2v) is 5.94. The van der Waals surface area contributed by atoms with E-state index in [0.29, 0.717) is 13.2 Å². The van der Waals surface area contributed by atoms with E-state index in [-0.39, 0.29) is 6.23 Å². The Bertz CT molecular complexity index is 834. The Morgan fingerprint density at radius 3 is 2.88 bits per heavy atom. The second-order valence-electron chi connectivity index (χ2n) is 5.94. The van der Waals surface area contributed by atoms with Gasteiger partial charge < -0.3 is 14.4 Å². The van der Waals surface area contributed by atoms with Crippen molar-refractivity contribution < 1.29 is 9.47 Å². The number of nitrogens with zero attached hydrogens (tertiary/aromatic N) is 4. The molecule has 2 heterocycles. The van der Waals surface area contributed by atoms with E-state index in [1.54, 1.807) is 7.11 Å². The van der Waals surface area contributed by atoms with E-state index >= 15 is 0 Å². The molecule has 0 bridgehead atoms. The van der Waals surface area contributed by atoms with Gasteiger partial charge in [0.05, 0.1) is 26.5 Å². The second kappa shape index (κ2) is 6.94. The molecule has 25 heavy (non-hydrogen) atoms. The third kappa shape index (κ3) is 3.34. The zero-order valence-corrected chi connectivity index (χ0v) is 14.1. The van der Waals surface area contributed by atoms with Crippen LogP contribution in [-0.2, 0) is 11.3 Å². The number of hydrogen-bond donors (Lipinski definition) is 0. The van der Waals surface area contributed by atoms with E-state index in [9.17, 15) is 0 Å². The van der Waals surface area contributed by atoms with Crippen molar-refractivity contribution in [3.63, 3.8) is 0 Å². The van der Waals surface area contributed by atoms with Crippen molar-refractivity contribution in [3.05, 3.63) is 72.1 Å². The number of ether oxygens (including phenoxy) is 2. The van der Waals surface area contributed by atoms with Crippen LogP contribution >= 0.6 is 0 Å². The van der Waals surface area contributed by atoms with E-state index in [2.05, 4.69) is 33.4 Å². The molecule has 1 fully saturated rings. The molecule has 0 amide bonds. The minimum Gasteiger partial charge on any atom is -0.497 e. The molecule has 1 aliphatic rings. The van der Waals surface area contributed by atoms with Gasteiger partial charge in [-0.1, -0.05) is 41.6 Å². The molecule has 6 nitrogen and oxygen atoms in total. The Kier molecular flexibility index (Phi) is 4.35. The van der Waals surface area contributed by atoms with Gasteiger partial charge in [-0.05, 0) is 17.7 Å². The molecule has 1 aliphatic heterocycles. The highest BCUT2D eigenvalue weighted by Gasteiger charge is 2.29. The van der Waals surface area contributed by atoms with Gasteiger partial charge >= 0.3 is 0 Å². The first-order chi connectivity index (χ1) is 12.3. The molecule has 0 radical (unpaired) electrons. The van der Waals surface area contributed by atoms with Gasteiger partial charge in [0.15, 0.2) is 6.23 Å². The SMILES string of the molecule is COc1cccc(N2CCO[C@@H]2c2cn(Cc3ccccc3)nn2)c1. The summed E-state index contributed by atoms with van der Waals surface area (Å²) < 4.78 is 13.1. The predicted octanol–water partition coefficient (Wildman–Crippen LogP) is 2.87. The number of methoxy groups -OCH3 is 1. The molecule has 0 unspecified atom stereocenters. The molecular weight excluding hydrogens is 316 g/mol. The van der Waals surface area contributed by atoms with Crippen LogP contribution in [0, 0.1) is 0 Å². The highest BCUT2D eigenvalue weighted by atomic mass is 16.5. The van der Waals surface area contributed by atoms with Crippen LogP contribution in [0.15, 0.2) is 60.8 Å². The number of aromatic nitrogens is 3. The number of benzene rings is 2. The monoisotopic (exact) mass is 336 g/mol. The van der Waals surface area contributed by atoms with E-state index in [1.807, 2.05) is 47.3 Å². The summed E-state index contributed by atoms with van der Waals surface area (Å²) in [5.41, 5.74) is 3.06. The molecule has 0 spiro atoms. The van der Waals surface area contributed by atoms with Crippen molar-refractivity contribution in [2.75, 3.05) is 25.2 Å². The Labute approximate surface area is 146 Å². The lowest BCUT2D eigenvalue weighted by Gasteiger charge is -2.23. The average Bonchev–Trinajstić information content (AvgIpc) is 3.32. The normalized spacial score (nSPS) is 17.0. The largest absolute Gasteiger partial charge is 0.497 e. The molecule has 0 aliphatic carbocycles. The summed E-state index contributed by atoms with van der Waals surface area (Å²) in [6.07, 6.45) is 1.73. The third-order valence-electron chi connectivity index (χ3n) is 4.27. The molecule has 1 saturated heterocycles. The van der Waals surface area contributed by atoms with E-state index in [0.717, 1.165) is 23.7 Å². The Morgan fingerprint density at radius 2 is 2.04 bits per heavy atom. The fourth-order valence-electron chi connectivity index (χ4n) is 3.04. The Morgan fingerprint density at radius 1 is 1.16 bits per heavy atom. The van der Waals surface area contributed by atoms with Crippen molar-refractivity contribution in [1.82, 2.24) is 15.0 Å². The topological polar surface area (TPSA) is 52.4 Å². The zero-order chi connectivity index (χ0) is 17.1. The fraction of sp³-hybridized carbons (Fsp3) is 0.263. The van der Waals surface area contributed by atoms with Gasteiger partial charge in [0.1, 0.15) is 11.4 Å². The molecule has 4 rings (SSSR count). The lowest BCUT2D eigenvalue weighted by molar-refractivity contribution is 0.110. The molecule has 0 saturated carbocycles. The summed E-state index contributed by atoms with van der Waals surface area (Å²) >= 11 is 0. The van der Waals surface area contributed by atoms with Crippen LogP contribution < -0.4 is 9.64 Å². The first-order valence-corrected chi connectivity index (χ1v) is 8.30. The average molecular weight is 336 g/mol. The summed E-state index contributed by atoms with van der Waals surface area (Å²) in [6.45, 7) is 2.16. The molecule has 128 valence electrons. The maximum absolute atomic E-state index is 5.91. The van der Waals surface area contributed by atoms with Crippen LogP contribution in [0.3, 0.4) is 0 Å². The van der Waals surface area contributed by atoms with E-state index in [1.165, 1.54) is 5.56 Å². The third-order valence-corrected chi connectivity index (χ3v) is 4.27. The fourth-order valence-corrected chi connectivity index (χ4v) is 3.04. The van der Waals surface area contributed by atoms with Crippen molar-refractivity contribution in [3.8, 4) is 5.75 Å². The van der Waals surface area contributed by atoms with Crippen LogP contribution in [0.2, 0.25) is 0 Å². The Balaban J connectivity index is 1.54. The number of hydrogen-bond acceptors (Lipinski definition) is 5. The summed E-state index contributed by atoms with van der Waals surface area (Å²) in [7, 11) is 1.67. The van der Waals surface area contributed by atoms with Gasteiger partial charge in [0.2, 0.25) is 0 Å². The molecule has 1 atom stereocenters. The lowest BCUT2D eigenvalue weighted by atomic mass is 10.2. The van der Waals surface area contributed by atoms with E-state index in [4.69, 9.17) is 9.47 Å². The van der Waals surface area contributed by atoms with Crippen LogP contribution in [0.4, 0.5) is 5.69 Å². The Hall–Kier alpha value is -2.86. The molecule has 3 aromatic rings. The van der Waals surface area contributed by atoms with Crippen LogP contribution in [0.5, 0.6) is 5.75 Å². The van der Waals surface area contributed by atoms with Crippen molar-refractivity contribution in [2.45, 2.75) is 12.8 Å². The minimum atomic E-state index is -0.225. The van der Waals surface area contributed by atoms with E-state index < -0.39 is 0 Å². The van der Waals surface area contributed by atoms with Crippen molar-refractivity contribution >= 4 is 5.69 Å². The van der Waals surface area contributed by atoms with Gasteiger partial charge in [-0.25, -0.2) is 4.68 Å². The lowest BCUT2D eigenvalue weighted by Crippen LogP contribution is -2.23. The van der Waals surface area contributed by atoms with Gasteiger partial charge in [-0.2, -0.15) is 0 Å². The number of anilines is 1. The quantitative estimate of drug-likeness (QED) is 0.717. The molecule has 2 aromatic carbocycles. The predicted molar refractivity (Wildman–Crippen MR) is 94.6 cm³/mol.